The third-order valence-electron chi connectivity index (χ3n) is 2.07. The van der Waals surface area contributed by atoms with Crippen LogP contribution in [0, 0.1) is 10.1 Å². The van der Waals surface area contributed by atoms with E-state index in [0.717, 1.165) is 6.07 Å². The van der Waals surface area contributed by atoms with Gasteiger partial charge in [0.25, 0.3) is 5.69 Å². The standard InChI is InChI=1S/C10H9NO5/c1-6(13)7-3-4-9(11(14)15)8(5-12)10(7)16-2/h3-5H,1-2H3. The Balaban J connectivity index is 3.58. The molecule has 6 nitrogen and oxygen atoms in total. The predicted molar refractivity (Wildman–Crippen MR) is 55.0 cm³/mol. The molecule has 0 aliphatic rings. The summed E-state index contributed by atoms with van der Waals surface area (Å²) in [5.41, 5.74) is -0.452. The monoisotopic (exact) mass is 223 g/mol. The molecule has 16 heavy (non-hydrogen) atoms. The van der Waals surface area contributed by atoms with Gasteiger partial charge in [0, 0.05) is 6.07 Å². The van der Waals surface area contributed by atoms with Crippen molar-refractivity contribution < 1.29 is 19.2 Å². The van der Waals surface area contributed by atoms with Gasteiger partial charge in [-0.15, -0.1) is 0 Å². The van der Waals surface area contributed by atoms with Gasteiger partial charge >= 0.3 is 0 Å². The summed E-state index contributed by atoms with van der Waals surface area (Å²) < 4.78 is 4.86. The van der Waals surface area contributed by atoms with Crippen LogP contribution in [0.4, 0.5) is 5.69 Å². The zero-order valence-electron chi connectivity index (χ0n) is 8.72. The lowest BCUT2D eigenvalue weighted by Gasteiger charge is -2.08. The number of benzene rings is 1. The molecule has 84 valence electrons. The Hall–Kier alpha value is -2.24. The van der Waals surface area contributed by atoms with Crippen LogP contribution < -0.4 is 4.74 Å². The molecule has 0 saturated heterocycles. The summed E-state index contributed by atoms with van der Waals surface area (Å²) in [5, 5.41) is 10.6. The van der Waals surface area contributed by atoms with Crippen LogP contribution in [-0.2, 0) is 0 Å². The van der Waals surface area contributed by atoms with Gasteiger partial charge in [0.1, 0.15) is 11.3 Å². The van der Waals surface area contributed by atoms with Crippen molar-refractivity contribution in [1.29, 1.82) is 0 Å². The van der Waals surface area contributed by atoms with Crippen LogP contribution in [0.25, 0.3) is 0 Å². The third kappa shape index (κ3) is 1.90. The highest BCUT2D eigenvalue weighted by molar-refractivity contribution is 6.01. The first-order chi connectivity index (χ1) is 7.52. The van der Waals surface area contributed by atoms with Crippen LogP contribution in [0.3, 0.4) is 0 Å². The maximum atomic E-state index is 11.2. The van der Waals surface area contributed by atoms with Crippen LogP contribution in [0.5, 0.6) is 5.75 Å². The number of ketones is 1. The van der Waals surface area contributed by atoms with E-state index < -0.39 is 4.92 Å². The number of nitro groups is 1. The van der Waals surface area contributed by atoms with Gasteiger partial charge in [-0.3, -0.25) is 19.7 Å². The number of nitrogens with zero attached hydrogens (tertiary/aromatic N) is 1. The van der Waals surface area contributed by atoms with Crippen molar-refractivity contribution in [3.63, 3.8) is 0 Å². The average Bonchev–Trinajstić information content (AvgIpc) is 2.26. The zero-order chi connectivity index (χ0) is 12.3. The van der Waals surface area contributed by atoms with Crippen LogP contribution in [0.1, 0.15) is 27.6 Å². The van der Waals surface area contributed by atoms with Crippen molar-refractivity contribution >= 4 is 17.8 Å². The quantitative estimate of drug-likeness (QED) is 0.335. The first kappa shape index (κ1) is 11.8. The molecule has 0 N–H and O–H groups in total. The average molecular weight is 223 g/mol. The second kappa shape index (κ2) is 4.52. The topological polar surface area (TPSA) is 86.5 Å². The second-order valence-electron chi connectivity index (χ2n) is 3.01. The fourth-order valence-electron chi connectivity index (χ4n) is 1.36. The molecular formula is C10H9NO5. The lowest BCUT2D eigenvalue weighted by Crippen LogP contribution is -2.04. The lowest BCUT2D eigenvalue weighted by molar-refractivity contribution is -0.385. The Morgan fingerprint density at radius 1 is 1.50 bits per heavy atom. The molecule has 6 heteroatoms. The van der Waals surface area contributed by atoms with E-state index >= 15 is 0 Å². The normalized spacial score (nSPS) is 9.62. The summed E-state index contributed by atoms with van der Waals surface area (Å²) in [6.07, 6.45) is 0.309. The molecule has 1 rings (SSSR count). The highest BCUT2D eigenvalue weighted by Crippen LogP contribution is 2.30. The molecule has 0 aliphatic heterocycles. The molecule has 0 aromatic heterocycles. The number of hydrogen-bond acceptors (Lipinski definition) is 5. The van der Waals surface area contributed by atoms with Crippen molar-refractivity contribution in [2.24, 2.45) is 0 Å². The number of methoxy groups -OCH3 is 1. The maximum absolute atomic E-state index is 11.2. The van der Waals surface area contributed by atoms with E-state index in [0.29, 0.717) is 6.29 Å². The molecule has 0 amide bonds. The summed E-state index contributed by atoms with van der Waals surface area (Å²) in [6, 6.07) is 2.38. The Bertz CT molecular complexity index is 467. The highest BCUT2D eigenvalue weighted by atomic mass is 16.6. The Labute approximate surface area is 91.0 Å². The molecule has 0 fully saturated rings. The fourth-order valence-corrected chi connectivity index (χ4v) is 1.36. The minimum Gasteiger partial charge on any atom is -0.495 e. The Kier molecular flexibility index (Phi) is 3.34. The summed E-state index contributed by atoms with van der Waals surface area (Å²) in [5.74, 6) is -0.383. The highest BCUT2D eigenvalue weighted by Gasteiger charge is 2.22. The van der Waals surface area contributed by atoms with E-state index in [1.54, 1.807) is 0 Å². The SMILES string of the molecule is COc1c(C(C)=O)ccc([N+](=O)[O-])c1C=O. The minimum atomic E-state index is -0.698. The molecule has 0 atom stereocenters. The molecule has 0 aliphatic carbocycles. The molecule has 1 aromatic carbocycles. The molecule has 0 bridgehead atoms. The maximum Gasteiger partial charge on any atom is 0.283 e. The Morgan fingerprint density at radius 2 is 2.12 bits per heavy atom. The number of rotatable bonds is 4. The molecule has 0 radical (unpaired) electrons. The van der Waals surface area contributed by atoms with E-state index in [-0.39, 0.29) is 28.3 Å². The van der Waals surface area contributed by atoms with Crippen molar-refractivity contribution in [2.75, 3.05) is 7.11 Å². The number of carbonyl (C=O) groups is 2. The number of carbonyl (C=O) groups excluding carboxylic acids is 2. The van der Waals surface area contributed by atoms with E-state index in [1.165, 1.54) is 20.1 Å². The van der Waals surface area contributed by atoms with Gasteiger partial charge in [-0.1, -0.05) is 0 Å². The van der Waals surface area contributed by atoms with Gasteiger partial charge in [-0.25, -0.2) is 0 Å². The zero-order valence-corrected chi connectivity index (χ0v) is 8.72. The summed E-state index contributed by atoms with van der Waals surface area (Å²) in [7, 11) is 1.25. The molecular weight excluding hydrogens is 214 g/mol. The molecule has 1 aromatic rings. The van der Waals surface area contributed by atoms with Gasteiger partial charge in [0.05, 0.1) is 17.6 Å². The van der Waals surface area contributed by atoms with Crippen molar-refractivity contribution in [3.05, 3.63) is 33.4 Å². The van der Waals surface area contributed by atoms with Gasteiger partial charge in [-0.2, -0.15) is 0 Å². The number of hydrogen-bond donors (Lipinski definition) is 0. The van der Waals surface area contributed by atoms with Gasteiger partial charge in [-0.05, 0) is 13.0 Å². The van der Waals surface area contributed by atoms with E-state index in [9.17, 15) is 19.7 Å². The van der Waals surface area contributed by atoms with E-state index in [2.05, 4.69) is 0 Å². The number of nitro benzene ring substituents is 1. The molecule has 0 heterocycles. The van der Waals surface area contributed by atoms with Gasteiger partial charge in [0.2, 0.25) is 0 Å². The largest absolute Gasteiger partial charge is 0.495 e. The smallest absolute Gasteiger partial charge is 0.283 e. The van der Waals surface area contributed by atoms with Crippen LogP contribution in [0.15, 0.2) is 12.1 Å². The summed E-state index contributed by atoms with van der Waals surface area (Å²) >= 11 is 0. The van der Waals surface area contributed by atoms with Crippen LogP contribution in [0.2, 0.25) is 0 Å². The van der Waals surface area contributed by atoms with E-state index in [1.807, 2.05) is 0 Å². The first-order valence-electron chi connectivity index (χ1n) is 4.34. The second-order valence-corrected chi connectivity index (χ2v) is 3.01. The molecule has 0 unspecified atom stereocenters. The third-order valence-corrected chi connectivity index (χ3v) is 2.07. The number of ether oxygens (including phenoxy) is 1. The summed E-state index contributed by atoms with van der Waals surface area (Å²) in [4.78, 5) is 31.9. The predicted octanol–water partition coefficient (Wildman–Crippen LogP) is 1.62. The van der Waals surface area contributed by atoms with Crippen molar-refractivity contribution in [1.82, 2.24) is 0 Å². The van der Waals surface area contributed by atoms with Crippen LogP contribution in [-0.4, -0.2) is 24.1 Å². The summed E-state index contributed by atoms with van der Waals surface area (Å²) in [6.45, 7) is 1.29. The Morgan fingerprint density at radius 3 is 2.50 bits per heavy atom. The van der Waals surface area contributed by atoms with Crippen LogP contribution >= 0.6 is 0 Å². The first-order valence-corrected chi connectivity index (χ1v) is 4.34. The van der Waals surface area contributed by atoms with Gasteiger partial charge < -0.3 is 4.74 Å². The number of Topliss-reactive ketones (excluding diaryl/α,β-unsaturated/α-hetero) is 1. The van der Waals surface area contributed by atoms with E-state index in [4.69, 9.17) is 4.74 Å². The molecule has 0 spiro atoms. The lowest BCUT2D eigenvalue weighted by atomic mass is 10.0. The van der Waals surface area contributed by atoms with Crippen molar-refractivity contribution in [3.8, 4) is 5.75 Å². The fraction of sp³-hybridized carbons (Fsp3) is 0.200. The van der Waals surface area contributed by atoms with Crippen molar-refractivity contribution in [2.45, 2.75) is 6.92 Å². The minimum absolute atomic E-state index is 0.0586. The molecule has 0 saturated carbocycles. The van der Waals surface area contributed by atoms with Gasteiger partial charge in [0.15, 0.2) is 12.1 Å². The number of aldehydes is 1.